The van der Waals surface area contributed by atoms with Gasteiger partial charge in [0.15, 0.2) is 5.82 Å². The van der Waals surface area contributed by atoms with Crippen molar-refractivity contribution < 1.29 is 19.8 Å². The number of benzene rings is 3. The van der Waals surface area contributed by atoms with Crippen LogP contribution in [0.2, 0.25) is 0 Å². The van der Waals surface area contributed by atoms with Crippen LogP contribution in [0.4, 0.5) is 11.5 Å². The number of aromatic amines is 1. The number of hydrogen-bond donors (Lipinski definition) is 4. The number of H-pyrrole nitrogens is 1. The number of carboxylic acid groups (broad SMARTS) is 2. The molecule has 0 aliphatic carbocycles. The van der Waals surface area contributed by atoms with Gasteiger partial charge < -0.3 is 10.2 Å². The standard InChI is InChI=1S/C15H14N4.C9H8O4/c16-19(13-9-5-2-6-10-13)15-14(11-17-18-15)12-7-3-1-4-8-12;1-5-2-6(8(10)11)4-7(3-5)9(12)13/h1-11H,16H2,(H,17,18);2-4H,1H3,(H,10,11)(H,12,13). The van der Waals surface area contributed by atoms with E-state index in [0.29, 0.717) is 5.56 Å². The zero-order valence-corrected chi connectivity index (χ0v) is 17.3. The Bertz CT molecular complexity index is 1170. The van der Waals surface area contributed by atoms with Gasteiger partial charge >= 0.3 is 11.9 Å². The Morgan fingerprint density at radius 3 is 1.94 bits per heavy atom. The third-order valence-corrected chi connectivity index (χ3v) is 4.55. The van der Waals surface area contributed by atoms with E-state index in [1.54, 1.807) is 18.1 Å². The van der Waals surface area contributed by atoms with Crippen LogP contribution in [-0.2, 0) is 0 Å². The minimum Gasteiger partial charge on any atom is -0.478 e. The lowest BCUT2D eigenvalue weighted by molar-refractivity contribution is 0.0696. The molecule has 3 aromatic carbocycles. The molecule has 0 saturated carbocycles. The maximum Gasteiger partial charge on any atom is 0.335 e. The maximum atomic E-state index is 10.5. The van der Waals surface area contributed by atoms with Crippen molar-refractivity contribution in [1.29, 1.82) is 0 Å². The summed E-state index contributed by atoms with van der Waals surface area (Å²) in [4.78, 5) is 21.1. The third kappa shape index (κ3) is 5.38. The molecule has 1 heterocycles. The highest BCUT2D eigenvalue weighted by molar-refractivity contribution is 5.94. The average Bonchev–Trinajstić information content (AvgIpc) is 3.29. The first-order chi connectivity index (χ1) is 15.4. The Morgan fingerprint density at radius 1 is 0.875 bits per heavy atom. The monoisotopic (exact) mass is 430 g/mol. The summed E-state index contributed by atoms with van der Waals surface area (Å²) in [6, 6.07) is 23.8. The van der Waals surface area contributed by atoms with Gasteiger partial charge in [-0.1, -0.05) is 48.5 Å². The van der Waals surface area contributed by atoms with Crippen molar-refractivity contribution in [1.82, 2.24) is 10.2 Å². The van der Waals surface area contributed by atoms with E-state index < -0.39 is 11.9 Å². The molecule has 0 saturated heterocycles. The molecule has 0 fully saturated rings. The Labute approximate surface area is 184 Å². The number of para-hydroxylation sites is 1. The minimum atomic E-state index is -1.12. The first kappa shape index (κ1) is 22.3. The van der Waals surface area contributed by atoms with Crippen molar-refractivity contribution >= 4 is 23.4 Å². The van der Waals surface area contributed by atoms with E-state index in [9.17, 15) is 9.59 Å². The Hall–Kier alpha value is -4.43. The van der Waals surface area contributed by atoms with Gasteiger partial charge in [0.1, 0.15) is 0 Å². The molecule has 32 heavy (non-hydrogen) atoms. The molecule has 4 rings (SSSR count). The van der Waals surface area contributed by atoms with Crippen molar-refractivity contribution in [2.45, 2.75) is 6.92 Å². The summed E-state index contributed by atoms with van der Waals surface area (Å²) in [5, 5.41) is 25.9. The minimum absolute atomic E-state index is 0.00241. The molecule has 8 nitrogen and oxygen atoms in total. The molecule has 0 unspecified atom stereocenters. The molecule has 0 aliphatic rings. The van der Waals surface area contributed by atoms with Gasteiger partial charge in [0.2, 0.25) is 0 Å². The first-order valence-electron chi connectivity index (χ1n) is 9.63. The number of nitrogens with two attached hydrogens (primary N) is 1. The number of rotatable bonds is 5. The lowest BCUT2D eigenvalue weighted by atomic mass is 10.1. The summed E-state index contributed by atoms with van der Waals surface area (Å²) in [6.07, 6.45) is 1.79. The van der Waals surface area contributed by atoms with E-state index in [1.165, 1.54) is 12.1 Å². The third-order valence-electron chi connectivity index (χ3n) is 4.55. The highest BCUT2D eigenvalue weighted by Gasteiger charge is 2.13. The number of aromatic nitrogens is 2. The number of carbonyl (C=O) groups is 2. The summed E-state index contributed by atoms with van der Waals surface area (Å²) in [5.74, 6) is 4.70. The predicted molar refractivity (Wildman–Crippen MR) is 122 cm³/mol. The van der Waals surface area contributed by atoms with Crippen LogP contribution in [-0.4, -0.2) is 32.3 Å². The smallest absolute Gasteiger partial charge is 0.335 e. The van der Waals surface area contributed by atoms with Crippen molar-refractivity contribution in [2.75, 3.05) is 5.01 Å². The highest BCUT2D eigenvalue weighted by atomic mass is 16.4. The van der Waals surface area contributed by atoms with Crippen LogP contribution >= 0.6 is 0 Å². The van der Waals surface area contributed by atoms with Gasteiger partial charge in [-0.15, -0.1) is 0 Å². The quantitative estimate of drug-likeness (QED) is 0.271. The largest absolute Gasteiger partial charge is 0.478 e. The molecule has 0 spiro atoms. The first-order valence-corrected chi connectivity index (χ1v) is 9.63. The van der Waals surface area contributed by atoms with E-state index in [2.05, 4.69) is 10.2 Å². The second-order valence-electron chi connectivity index (χ2n) is 6.90. The normalized spacial score (nSPS) is 10.1. The van der Waals surface area contributed by atoms with Gasteiger partial charge in [0.05, 0.1) is 23.0 Å². The summed E-state index contributed by atoms with van der Waals surface area (Å²) in [6.45, 7) is 1.65. The predicted octanol–water partition coefficient (Wildman–Crippen LogP) is 4.48. The van der Waals surface area contributed by atoms with E-state index in [1.807, 2.05) is 60.7 Å². The van der Waals surface area contributed by atoms with Crippen LogP contribution in [0.15, 0.2) is 85.1 Å². The number of anilines is 2. The fourth-order valence-corrected chi connectivity index (χ4v) is 3.04. The summed E-state index contributed by atoms with van der Waals surface area (Å²) < 4.78 is 0. The topological polar surface area (TPSA) is 133 Å². The number of carboxylic acids is 2. The van der Waals surface area contributed by atoms with Crippen LogP contribution in [0.3, 0.4) is 0 Å². The molecule has 0 aliphatic heterocycles. The van der Waals surface area contributed by atoms with Crippen LogP contribution in [0.1, 0.15) is 26.3 Å². The molecule has 0 bridgehead atoms. The van der Waals surface area contributed by atoms with E-state index in [4.69, 9.17) is 16.1 Å². The van der Waals surface area contributed by atoms with E-state index in [-0.39, 0.29) is 11.1 Å². The fraction of sp³-hybridized carbons (Fsp3) is 0.0417. The molecule has 8 heteroatoms. The van der Waals surface area contributed by atoms with Crippen molar-refractivity contribution in [3.63, 3.8) is 0 Å². The van der Waals surface area contributed by atoms with Gasteiger partial charge in [0.25, 0.3) is 0 Å². The second kappa shape index (κ2) is 10.1. The van der Waals surface area contributed by atoms with Crippen LogP contribution in [0.25, 0.3) is 11.1 Å². The fourth-order valence-electron chi connectivity index (χ4n) is 3.04. The van der Waals surface area contributed by atoms with E-state index in [0.717, 1.165) is 28.7 Å². The molecule has 162 valence electrons. The summed E-state index contributed by atoms with van der Waals surface area (Å²) in [7, 11) is 0. The Balaban J connectivity index is 0.000000195. The number of nitrogens with one attached hydrogen (secondary N) is 1. The van der Waals surface area contributed by atoms with Gasteiger partial charge in [-0.05, 0) is 48.4 Å². The van der Waals surface area contributed by atoms with Crippen LogP contribution in [0.5, 0.6) is 0 Å². The zero-order chi connectivity index (χ0) is 23.1. The van der Waals surface area contributed by atoms with E-state index >= 15 is 0 Å². The van der Waals surface area contributed by atoms with Gasteiger partial charge in [0, 0.05) is 5.56 Å². The van der Waals surface area contributed by atoms with Gasteiger partial charge in [-0.2, -0.15) is 5.10 Å². The lowest BCUT2D eigenvalue weighted by Gasteiger charge is -2.18. The van der Waals surface area contributed by atoms with Crippen LogP contribution in [0, 0.1) is 6.92 Å². The lowest BCUT2D eigenvalue weighted by Crippen LogP contribution is -2.25. The number of aromatic carboxylic acids is 2. The molecule has 1 aromatic heterocycles. The molecule has 0 atom stereocenters. The van der Waals surface area contributed by atoms with Gasteiger partial charge in [-0.25, -0.2) is 15.4 Å². The summed E-state index contributed by atoms with van der Waals surface area (Å²) >= 11 is 0. The molecule has 4 aromatic rings. The molecule has 5 N–H and O–H groups in total. The number of hydrazine groups is 1. The number of hydrogen-bond acceptors (Lipinski definition) is 5. The molecule has 0 amide bonds. The number of nitrogens with zero attached hydrogens (tertiary/aromatic N) is 2. The van der Waals surface area contributed by atoms with Crippen molar-refractivity contribution in [2.24, 2.45) is 5.84 Å². The SMILES string of the molecule is Cc1cc(C(=O)O)cc(C(=O)O)c1.NN(c1ccccc1)c1[nH]ncc1-c1ccccc1. The summed E-state index contributed by atoms with van der Waals surface area (Å²) in [5.41, 5.74) is 3.58. The van der Waals surface area contributed by atoms with Gasteiger partial charge in [-0.3, -0.25) is 10.1 Å². The average molecular weight is 430 g/mol. The molecular weight excluding hydrogens is 408 g/mol. The zero-order valence-electron chi connectivity index (χ0n) is 17.3. The Morgan fingerprint density at radius 2 is 1.41 bits per heavy atom. The van der Waals surface area contributed by atoms with Crippen molar-refractivity contribution in [3.05, 3.63) is 102 Å². The van der Waals surface area contributed by atoms with Crippen LogP contribution < -0.4 is 10.9 Å². The Kier molecular flexibility index (Phi) is 6.99. The maximum absolute atomic E-state index is 10.5. The van der Waals surface area contributed by atoms with Crippen molar-refractivity contribution in [3.8, 4) is 11.1 Å². The molecule has 0 radical (unpaired) electrons. The second-order valence-corrected chi connectivity index (χ2v) is 6.90. The highest BCUT2D eigenvalue weighted by Crippen LogP contribution is 2.30. The number of aryl methyl sites for hydroxylation is 1. The molecular formula is C24H22N4O4.